The molecule has 88 valence electrons. The number of nitrogens with zero attached hydrogens (tertiary/aromatic N) is 1. The summed E-state index contributed by atoms with van der Waals surface area (Å²) < 4.78 is 0. The van der Waals surface area contributed by atoms with E-state index >= 15 is 0 Å². The molecule has 1 saturated carbocycles. The minimum absolute atomic E-state index is 0.313. The molecule has 0 aromatic carbocycles. The van der Waals surface area contributed by atoms with Crippen molar-refractivity contribution in [1.82, 2.24) is 4.90 Å². The van der Waals surface area contributed by atoms with Crippen LogP contribution in [0, 0.1) is 5.92 Å². The molecule has 1 aliphatic heterocycles. The summed E-state index contributed by atoms with van der Waals surface area (Å²) >= 11 is 0. The fourth-order valence-electron chi connectivity index (χ4n) is 3.30. The molecule has 1 N–H and O–H groups in total. The number of piperidine rings is 1. The second-order valence-corrected chi connectivity index (χ2v) is 5.37. The van der Waals surface area contributed by atoms with Crippen molar-refractivity contribution in [3.8, 4) is 0 Å². The third-order valence-corrected chi connectivity index (χ3v) is 4.53. The summed E-state index contributed by atoms with van der Waals surface area (Å²) in [6, 6.07) is 0. The molecule has 1 saturated heterocycles. The van der Waals surface area contributed by atoms with Gasteiger partial charge in [-0.3, -0.25) is 0 Å². The van der Waals surface area contributed by atoms with Gasteiger partial charge in [-0.25, -0.2) is 0 Å². The summed E-state index contributed by atoms with van der Waals surface area (Å²) in [5.74, 6) is 0.602. The monoisotopic (exact) mass is 211 g/mol. The van der Waals surface area contributed by atoms with Crippen LogP contribution in [0.1, 0.15) is 51.9 Å². The van der Waals surface area contributed by atoms with E-state index in [4.69, 9.17) is 0 Å². The highest BCUT2D eigenvalue weighted by Crippen LogP contribution is 2.38. The van der Waals surface area contributed by atoms with Crippen molar-refractivity contribution in [2.24, 2.45) is 5.92 Å². The van der Waals surface area contributed by atoms with Gasteiger partial charge < -0.3 is 10.0 Å². The highest BCUT2D eigenvalue weighted by Gasteiger charge is 2.39. The van der Waals surface area contributed by atoms with E-state index in [1.165, 1.54) is 32.1 Å². The van der Waals surface area contributed by atoms with Gasteiger partial charge in [-0.05, 0) is 38.1 Å². The van der Waals surface area contributed by atoms with Crippen molar-refractivity contribution >= 4 is 0 Å². The zero-order valence-corrected chi connectivity index (χ0v) is 10.0. The van der Waals surface area contributed by atoms with E-state index in [1.807, 2.05) is 0 Å². The number of rotatable bonds is 2. The van der Waals surface area contributed by atoms with Crippen molar-refractivity contribution < 1.29 is 5.11 Å². The Labute approximate surface area is 93.7 Å². The van der Waals surface area contributed by atoms with E-state index in [1.54, 1.807) is 0 Å². The average molecular weight is 211 g/mol. The van der Waals surface area contributed by atoms with E-state index in [0.29, 0.717) is 5.92 Å². The van der Waals surface area contributed by atoms with Gasteiger partial charge in [-0.2, -0.15) is 0 Å². The van der Waals surface area contributed by atoms with E-state index < -0.39 is 0 Å². The van der Waals surface area contributed by atoms with Crippen LogP contribution in [0.25, 0.3) is 0 Å². The summed E-state index contributed by atoms with van der Waals surface area (Å²) in [4.78, 5) is 2.46. The van der Waals surface area contributed by atoms with Crippen LogP contribution in [0.4, 0.5) is 0 Å². The Kier molecular flexibility index (Phi) is 3.68. The fraction of sp³-hybridized carbons (Fsp3) is 1.00. The molecule has 2 fully saturated rings. The molecular weight excluding hydrogens is 186 g/mol. The zero-order valence-electron chi connectivity index (χ0n) is 10.0. The van der Waals surface area contributed by atoms with Crippen LogP contribution >= 0.6 is 0 Å². The minimum Gasteiger partial charge on any atom is -0.390 e. The lowest BCUT2D eigenvalue weighted by atomic mass is 9.72. The Balaban J connectivity index is 1.89. The normalized spacial score (nSPS) is 29.2. The molecular formula is C13H25NO. The van der Waals surface area contributed by atoms with Crippen molar-refractivity contribution in [2.75, 3.05) is 19.6 Å². The Hall–Kier alpha value is -0.0800. The average Bonchev–Trinajstić information content (AvgIpc) is 2.31. The van der Waals surface area contributed by atoms with Crippen molar-refractivity contribution in [3.63, 3.8) is 0 Å². The van der Waals surface area contributed by atoms with E-state index in [-0.39, 0.29) is 5.60 Å². The number of hydrogen-bond acceptors (Lipinski definition) is 2. The molecule has 0 bridgehead atoms. The van der Waals surface area contributed by atoms with Gasteiger partial charge in [0.1, 0.15) is 0 Å². The van der Waals surface area contributed by atoms with E-state index in [9.17, 15) is 5.11 Å². The van der Waals surface area contributed by atoms with Gasteiger partial charge in [0.25, 0.3) is 0 Å². The molecule has 0 unspecified atom stereocenters. The molecule has 0 aromatic rings. The molecule has 0 amide bonds. The fourth-order valence-corrected chi connectivity index (χ4v) is 3.30. The molecule has 2 nitrogen and oxygen atoms in total. The molecule has 0 aromatic heterocycles. The summed E-state index contributed by atoms with van der Waals surface area (Å²) in [7, 11) is 0. The molecule has 0 atom stereocenters. The van der Waals surface area contributed by atoms with Crippen LogP contribution in [-0.2, 0) is 0 Å². The van der Waals surface area contributed by atoms with Crippen molar-refractivity contribution in [1.29, 1.82) is 0 Å². The first-order chi connectivity index (χ1) is 7.24. The largest absolute Gasteiger partial charge is 0.390 e. The third kappa shape index (κ3) is 2.54. The third-order valence-electron chi connectivity index (χ3n) is 4.53. The summed E-state index contributed by atoms with van der Waals surface area (Å²) in [5.41, 5.74) is -0.313. The van der Waals surface area contributed by atoms with E-state index in [0.717, 1.165) is 32.5 Å². The Morgan fingerprint density at radius 3 is 2.27 bits per heavy atom. The molecule has 0 spiro atoms. The molecule has 2 aliphatic rings. The standard InChI is InChI=1S/C13H25NO/c1-2-14-10-8-13(15,9-11-14)12-6-4-3-5-7-12/h12,15H,2-11H2,1H3. The van der Waals surface area contributed by atoms with Gasteiger partial charge in [-0.1, -0.05) is 26.2 Å². The Morgan fingerprint density at radius 1 is 1.13 bits per heavy atom. The van der Waals surface area contributed by atoms with Crippen molar-refractivity contribution in [3.05, 3.63) is 0 Å². The highest BCUT2D eigenvalue weighted by atomic mass is 16.3. The van der Waals surface area contributed by atoms with Crippen LogP contribution in [0.2, 0.25) is 0 Å². The lowest BCUT2D eigenvalue weighted by Gasteiger charge is -2.44. The molecule has 1 aliphatic carbocycles. The first kappa shape index (κ1) is 11.4. The molecule has 0 radical (unpaired) electrons. The van der Waals surface area contributed by atoms with Gasteiger partial charge in [-0.15, -0.1) is 0 Å². The predicted molar refractivity (Wildman–Crippen MR) is 62.9 cm³/mol. The van der Waals surface area contributed by atoms with Gasteiger partial charge >= 0.3 is 0 Å². The van der Waals surface area contributed by atoms with Crippen LogP contribution in [0.15, 0.2) is 0 Å². The number of aliphatic hydroxyl groups is 1. The molecule has 2 heteroatoms. The van der Waals surface area contributed by atoms with Gasteiger partial charge in [0.15, 0.2) is 0 Å². The van der Waals surface area contributed by atoms with Gasteiger partial charge in [0.2, 0.25) is 0 Å². The van der Waals surface area contributed by atoms with Crippen LogP contribution in [0.5, 0.6) is 0 Å². The minimum atomic E-state index is -0.313. The van der Waals surface area contributed by atoms with Crippen LogP contribution < -0.4 is 0 Å². The summed E-state index contributed by atoms with van der Waals surface area (Å²) in [6.45, 7) is 5.55. The summed E-state index contributed by atoms with van der Waals surface area (Å²) in [5, 5.41) is 10.7. The van der Waals surface area contributed by atoms with Crippen LogP contribution in [0.3, 0.4) is 0 Å². The van der Waals surface area contributed by atoms with Crippen molar-refractivity contribution in [2.45, 2.75) is 57.5 Å². The lowest BCUT2D eigenvalue weighted by molar-refractivity contribution is -0.0765. The second kappa shape index (κ2) is 4.84. The lowest BCUT2D eigenvalue weighted by Crippen LogP contribution is -2.49. The maximum atomic E-state index is 10.7. The first-order valence-corrected chi connectivity index (χ1v) is 6.69. The maximum absolute atomic E-state index is 10.7. The van der Waals surface area contributed by atoms with Crippen LogP contribution in [-0.4, -0.2) is 35.2 Å². The predicted octanol–water partition coefficient (Wildman–Crippen LogP) is 2.41. The highest BCUT2D eigenvalue weighted by molar-refractivity contribution is 4.92. The Bertz CT molecular complexity index is 191. The second-order valence-electron chi connectivity index (χ2n) is 5.37. The molecule has 15 heavy (non-hydrogen) atoms. The number of hydrogen-bond donors (Lipinski definition) is 1. The molecule has 2 rings (SSSR count). The SMILES string of the molecule is CCN1CCC(O)(C2CCCCC2)CC1. The number of likely N-dealkylation sites (tertiary alicyclic amines) is 1. The summed E-state index contributed by atoms with van der Waals surface area (Å²) in [6.07, 6.45) is 8.60. The topological polar surface area (TPSA) is 23.5 Å². The Morgan fingerprint density at radius 2 is 1.73 bits per heavy atom. The van der Waals surface area contributed by atoms with Gasteiger partial charge in [0, 0.05) is 13.1 Å². The van der Waals surface area contributed by atoms with E-state index in [2.05, 4.69) is 11.8 Å². The maximum Gasteiger partial charge on any atom is 0.0700 e. The first-order valence-electron chi connectivity index (χ1n) is 6.69. The van der Waals surface area contributed by atoms with Gasteiger partial charge in [0.05, 0.1) is 5.60 Å². The quantitative estimate of drug-likeness (QED) is 0.758. The zero-order chi connectivity index (χ0) is 10.7. The molecule has 1 heterocycles. The smallest absolute Gasteiger partial charge is 0.0700 e.